The Kier molecular flexibility index (Phi) is 14.1. The van der Waals surface area contributed by atoms with Crippen LogP contribution in [0.4, 0.5) is 0 Å². The average molecular weight is 438 g/mol. The number of nitrogens with one attached hydrogen (secondary N) is 2. The van der Waals surface area contributed by atoms with Gasteiger partial charge in [0, 0.05) is 39.9 Å². The monoisotopic (exact) mass is 438 g/mol. The van der Waals surface area contributed by atoms with E-state index in [2.05, 4.69) is 39.7 Å². The number of aromatic nitrogens is 3. The Morgan fingerprint density at radius 2 is 1.78 bits per heavy atom. The molecule has 0 unspecified atom stereocenters. The molecular weight excluding hydrogens is 407 g/mol. The summed E-state index contributed by atoms with van der Waals surface area (Å²) in [7, 11) is 1.79. The highest BCUT2D eigenvalue weighted by molar-refractivity contribution is 14.0. The van der Waals surface area contributed by atoms with Crippen molar-refractivity contribution in [1.82, 2.24) is 25.4 Å². The number of rotatable bonds is 11. The molecule has 7 nitrogen and oxygen atoms in total. The van der Waals surface area contributed by atoms with Gasteiger partial charge in [-0.25, -0.2) is 0 Å². The lowest BCUT2D eigenvalue weighted by Gasteiger charge is -2.12. The van der Waals surface area contributed by atoms with Gasteiger partial charge in [0.2, 0.25) is 0 Å². The number of hydrogen-bond acceptors (Lipinski definition) is 4. The van der Waals surface area contributed by atoms with Crippen LogP contribution in [-0.4, -0.2) is 54.1 Å². The molecule has 8 heteroatoms. The maximum Gasteiger partial charge on any atom is 0.190 e. The minimum Gasteiger partial charge on any atom is -0.381 e. The highest BCUT2D eigenvalue weighted by Gasteiger charge is 1.98. The van der Waals surface area contributed by atoms with E-state index < -0.39 is 0 Å². The second-order valence-corrected chi connectivity index (χ2v) is 5.65. The summed E-state index contributed by atoms with van der Waals surface area (Å²) in [6.07, 6.45) is 6.65. The van der Waals surface area contributed by atoms with Crippen molar-refractivity contribution in [2.45, 2.75) is 39.7 Å². The first kappa shape index (κ1) is 22.1. The zero-order valence-electron chi connectivity index (χ0n) is 14.5. The van der Waals surface area contributed by atoms with E-state index in [1.165, 1.54) is 0 Å². The Bertz CT molecular complexity index is 397. The zero-order valence-corrected chi connectivity index (χ0v) is 16.8. The largest absolute Gasteiger partial charge is 0.381 e. The molecule has 0 bridgehead atoms. The van der Waals surface area contributed by atoms with Crippen molar-refractivity contribution in [3.8, 4) is 0 Å². The van der Waals surface area contributed by atoms with Gasteiger partial charge in [0.15, 0.2) is 5.96 Å². The molecule has 0 spiro atoms. The van der Waals surface area contributed by atoms with Crippen LogP contribution in [0.3, 0.4) is 0 Å². The van der Waals surface area contributed by atoms with Crippen LogP contribution in [0.25, 0.3) is 0 Å². The molecule has 0 aliphatic heterocycles. The highest BCUT2D eigenvalue weighted by Crippen LogP contribution is 1.94. The molecule has 0 aromatic carbocycles. The Labute approximate surface area is 156 Å². The van der Waals surface area contributed by atoms with Crippen LogP contribution in [0.1, 0.15) is 33.1 Å². The zero-order chi connectivity index (χ0) is 16.0. The molecule has 2 N–H and O–H groups in total. The number of aryl methyl sites for hydroxylation is 1. The summed E-state index contributed by atoms with van der Waals surface area (Å²) in [5, 5.41) is 14.2. The van der Waals surface area contributed by atoms with E-state index in [0.717, 1.165) is 58.1 Å². The van der Waals surface area contributed by atoms with Gasteiger partial charge in [-0.2, -0.15) is 0 Å². The first-order valence-corrected chi connectivity index (χ1v) is 8.07. The topological polar surface area (TPSA) is 76.4 Å². The summed E-state index contributed by atoms with van der Waals surface area (Å²) >= 11 is 0. The molecule has 0 saturated heterocycles. The lowest BCUT2D eigenvalue weighted by atomic mass is 10.2. The van der Waals surface area contributed by atoms with E-state index in [4.69, 9.17) is 4.74 Å². The highest BCUT2D eigenvalue weighted by atomic mass is 127. The number of guanidine groups is 1. The molecule has 1 aromatic heterocycles. The normalized spacial score (nSPS) is 11.4. The van der Waals surface area contributed by atoms with Gasteiger partial charge in [-0.1, -0.05) is 13.8 Å². The van der Waals surface area contributed by atoms with E-state index in [-0.39, 0.29) is 24.0 Å². The third-order valence-electron chi connectivity index (χ3n) is 3.03. The minimum absolute atomic E-state index is 0. The second kappa shape index (κ2) is 14.7. The predicted octanol–water partition coefficient (Wildman–Crippen LogP) is 1.90. The van der Waals surface area contributed by atoms with Crippen LogP contribution in [-0.2, 0) is 11.3 Å². The van der Waals surface area contributed by atoms with Gasteiger partial charge in [-0.05, 0) is 25.2 Å². The Hall–Kier alpha value is -0.900. The van der Waals surface area contributed by atoms with Crippen LogP contribution in [0.15, 0.2) is 17.6 Å². The summed E-state index contributed by atoms with van der Waals surface area (Å²) in [5.41, 5.74) is 0. The van der Waals surface area contributed by atoms with Crippen molar-refractivity contribution >= 4 is 29.9 Å². The van der Waals surface area contributed by atoms with E-state index in [1.54, 1.807) is 19.7 Å². The van der Waals surface area contributed by atoms with Gasteiger partial charge in [-0.3, -0.25) is 4.99 Å². The average Bonchev–Trinajstić information content (AvgIpc) is 3.01. The minimum atomic E-state index is 0. The van der Waals surface area contributed by atoms with Crippen molar-refractivity contribution in [2.75, 3.05) is 33.4 Å². The molecule has 0 fully saturated rings. The van der Waals surface area contributed by atoms with E-state index in [0.29, 0.717) is 5.92 Å². The molecule has 0 aliphatic rings. The number of ether oxygens (including phenoxy) is 1. The van der Waals surface area contributed by atoms with Gasteiger partial charge < -0.3 is 19.9 Å². The van der Waals surface area contributed by atoms with Gasteiger partial charge in [0.1, 0.15) is 12.7 Å². The summed E-state index contributed by atoms with van der Waals surface area (Å²) in [6.45, 7) is 8.68. The van der Waals surface area contributed by atoms with Gasteiger partial charge in [0.25, 0.3) is 0 Å². The molecule has 1 aromatic rings. The number of unbranched alkanes of at least 4 members (excludes halogenated alkanes) is 1. The predicted molar refractivity (Wildman–Crippen MR) is 104 cm³/mol. The summed E-state index contributed by atoms with van der Waals surface area (Å²) in [4.78, 5) is 4.21. The van der Waals surface area contributed by atoms with Crippen molar-refractivity contribution in [3.05, 3.63) is 12.7 Å². The fourth-order valence-electron chi connectivity index (χ4n) is 1.88. The summed E-state index contributed by atoms with van der Waals surface area (Å²) in [6, 6.07) is 0. The lowest BCUT2D eigenvalue weighted by molar-refractivity contribution is 0.108. The van der Waals surface area contributed by atoms with Gasteiger partial charge in [-0.15, -0.1) is 34.2 Å². The summed E-state index contributed by atoms with van der Waals surface area (Å²) in [5.74, 6) is 1.45. The third kappa shape index (κ3) is 12.2. The van der Waals surface area contributed by atoms with E-state index in [1.807, 2.05) is 4.57 Å². The first-order chi connectivity index (χ1) is 10.7. The number of hydrogen-bond donors (Lipinski definition) is 2. The molecule has 1 heterocycles. The molecule has 0 saturated carbocycles. The van der Waals surface area contributed by atoms with Crippen molar-refractivity contribution in [3.63, 3.8) is 0 Å². The SMILES string of the molecule is CN=C(NCCCCn1cnnc1)NCCCOCC(C)C.I. The molecule has 1 rings (SSSR count). The van der Waals surface area contributed by atoms with Crippen LogP contribution < -0.4 is 10.6 Å². The van der Waals surface area contributed by atoms with Crippen molar-refractivity contribution in [2.24, 2.45) is 10.9 Å². The first-order valence-electron chi connectivity index (χ1n) is 8.07. The van der Waals surface area contributed by atoms with Crippen LogP contribution in [0.5, 0.6) is 0 Å². The van der Waals surface area contributed by atoms with Gasteiger partial charge in [0.05, 0.1) is 0 Å². The molecule has 0 radical (unpaired) electrons. The Morgan fingerprint density at radius 1 is 1.13 bits per heavy atom. The van der Waals surface area contributed by atoms with E-state index in [9.17, 15) is 0 Å². The molecule has 134 valence electrons. The maximum absolute atomic E-state index is 5.55. The maximum atomic E-state index is 5.55. The Balaban J connectivity index is 0.00000484. The van der Waals surface area contributed by atoms with Crippen LogP contribution in [0, 0.1) is 5.92 Å². The quantitative estimate of drug-likeness (QED) is 0.239. The molecule has 0 atom stereocenters. The fourth-order valence-corrected chi connectivity index (χ4v) is 1.88. The standard InChI is InChI=1S/C15H30N6O.HI/c1-14(2)11-22-10-6-8-18-15(16-3)17-7-4-5-9-21-12-19-20-13-21;/h12-14H,4-11H2,1-3H3,(H2,16,17,18);1H. The number of nitrogens with zero attached hydrogens (tertiary/aromatic N) is 4. The van der Waals surface area contributed by atoms with Crippen LogP contribution >= 0.6 is 24.0 Å². The molecule has 0 aliphatic carbocycles. The van der Waals surface area contributed by atoms with Gasteiger partial charge >= 0.3 is 0 Å². The second-order valence-electron chi connectivity index (χ2n) is 5.65. The van der Waals surface area contributed by atoms with E-state index >= 15 is 0 Å². The number of halogens is 1. The smallest absolute Gasteiger partial charge is 0.190 e. The molecule has 0 amide bonds. The third-order valence-corrected chi connectivity index (χ3v) is 3.03. The summed E-state index contributed by atoms with van der Waals surface area (Å²) < 4.78 is 7.54. The lowest BCUT2D eigenvalue weighted by Crippen LogP contribution is -2.38. The fraction of sp³-hybridized carbons (Fsp3) is 0.800. The number of aliphatic imine (C=N–C) groups is 1. The van der Waals surface area contributed by atoms with Crippen molar-refractivity contribution < 1.29 is 4.74 Å². The Morgan fingerprint density at radius 3 is 2.39 bits per heavy atom. The van der Waals surface area contributed by atoms with Crippen LogP contribution in [0.2, 0.25) is 0 Å². The molecular formula is C15H31IN6O. The molecule has 23 heavy (non-hydrogen) atoms. The van der Waals surface area contributed by atoms with Crippen molar-refractivity contribution in [1.29, 1.82) is 0 Å².